The molecule has 0 amide bonds. The lowest BCUT2D eigenvalue weighted by Crippen LogP contribution is -2.41. The first kappa shape index (κ1) is 24.5. The lowest BCUT2D eigenvalue weighted by Gasteiger charge is -2.33. The minimum atomic E-state index is -0.410. The van der Waals surface area contributed by atoms with Gasteiger partial charge in [-0.25, -0.2) is 0 Å². The van der Waals surface area contributed by atoms with E-state index in [1.807, 2.05) is 0 Å². The van der Waals surface area contributed by atoms with Gasteiger partial charge in [0.15, 0.2) is 0 Å². The third-order valence-electron chi connectivity index (χ3n) is 9.23. The summed E-state index contributed by atoms with van der Waals surface area (Å²) in [5, 5.41) is 0. The Morgan fingerprint density at radius 3 is 1.92 bits per heavy atom. The molecule has 0 aromatic heterocycles. The second kappa shape index (κ2) is 8.74. The number of hydrogen-bond donors (Lipinski definition) is 0. The monoisotopic (exact) mass is 515 g/mol. The van der Waals surface area contributed by atoms with Crippen LogP contribution in [0.1, 0.15) is 56.0 Å². The third kappa shape index (κ3) is 3.75. The molecule has 4 nitrogen and oxygen atoms in total. The average Bonchev–Trinajstić information content (AvgIpc) is 3.55. The summed E-state index contributed by atoms with van der Waals surface area (Å²) in [4.78, 5) is 2.57. The lowest BCUT2D eigenvalue weighted by atomic mass is 9.72. The van der Waals surface area contributed by atoms with Gasteiger partial charge < -0.3 is 18.9 Å². The van der Waals surface area contributed by atoms with E-state index in [1.165, 1.54) is 27.9 Å². The molecule has 3 aliphatic rings. The number of anilines is 1. The van der Waals surface area contributed by atoms with Gasteiger partial charge >= 0.3 is 7.12 Å². The fourth-order valence-corrected chi connectivity index (χ4v) is 6.45. The molecule has 0 radical (unpaired) electrons. The van der Waals surface area contributed by atoms with Gasteiger partial charge in [0, 0.05) is 17.8 Å². The first-order valence-corrected chi connectivity index (χ1v) is 13.9. The molecule has 1 unspecified atom stereocenters. The summed E-state index contributed by atoms with van der Waals surface area (Å²) in [6.45, 7) is 9.83. The van der Waals surface area contributed by atoms with E-state index in [1.54, 1.807) is 0 Å². The summed E-state index contributed by atoms with van der Waals surface area (Å²) in [5.74, 6) is 0.947. The molecule has 39 heavy (non-hydrogen) atoms. The normalized spacial score (nSPS) is 22.3. The minimum Gasteiger partial charge on any atom is -0.492 e. The van der Waals surface area contributed by atoms with E-state index in [4.69, 9.17) is 14.0 Å². The Morgan fingerprint density at radius 1 is 0.692 bits per heavy atom. The molecule has 0 saturated carbocycles. The Kier molecular flexibility index (Phi) is 5.49. The molecule has 196 valence electrons. The second-order valence-corrected chi connectivity index (χ2v) is 12.1. The lowest BCUT2D eigenvalue weighted by molar-refractivity contribution is 0.00578. The standard InChI is InChI=1S/C34H34BNO3/c1-32(2)33(3,4)39-35(38-32)26-19-20-30-28(21-26)34(23-37-30)22-36(29-18-12-11-17-27(29)34)31(24-13-7-5-8-14-24)25-15-9-6-10-16-25/h5-21,31H,22-23H2,1-4H3. The van der Waals surface area contributed by atoms with Crippen molar-refractivity contribution in [1.82, 2.24) is 0 Å². The summed E-state index contributed by atoms with van der Waals surface area (Å²) in [6, 6.07) is 37.0. The van der Waals surface area contributed by atoms with E-state index in [-0.39, 0.29) is 22.7 Å². The third-order valence-corrected chi connectivity index (χ3v) is 9.23. The van der Waals surface area contributed by atoms with Crippen LogP contribution in [0.25, 0.3) is 0 Å². The second-order valence-electron chi connectivity index (χ2n) is 12.1. The van der Waals surface area contributed by atoms with Crippen LogP contribution < -0.4 is 15.1 Å². The van der Waals surface area contributed by atoms with Gasteiger partial charge in [0.2, 0.25) is 0 Å². The number of rotatable bonds is 4. The summed E-state index contributed by atoms with van der Waals surface area (Å²) in [6.07, 6.45) is 0. The van der Waals surface area contributed by atoms with Gasteiger partial charge in [-0.3, -0.25) is 0 Å². The maximum Gasteiger partial charge on any atom is 0.494 e. The van der Waals surface area contributed by atoms with Crippen molar-refractivity contribution in [2.75, 3.05) is 18.1 Å². The van der Waals surface area contributed by atoms with Gasteiger partial charge in [0.25, 0.3) is 0 Å². The molecule has 0 aliphatic carbocycles. The van der Waals surface area contributed by atoms with Crippen molar-refractivity contribution in [2.45, 2.75) is 50.4 Å². The first-order valence-electron chi connectivity index (χ1n) is 13.9. The molecule has 0 N–H and O–H groups in total. The molecule has 3 heterocycles. The Bertz CT molecular complexity index is 1460. The molecule has 5 heteroatoms. The van der Waals surface area contributed by atoms with Crippen molar-refractivity contribution < 1.29 is 14.0 Å². The Morgan fingerprint density at radius 2 is 1.28 bits per heavy atom. The van der Waals surface area contributed by atoms with Crippen molar-refractivity contribution >= 4 is 18.3 Å². The van der Waals surface area contributed by atoms with Crippen LogP contribution >= 0.6 is 0 Å². The molecule has 1 spiro atoms. The number of nitrogens with zero attached hydrogens (tertiary/aromatic N) is 1. The molecule has 3 aliphatic heterocycles. The van der Waals surface area contributed by atoms with Crippen LogP contribution in [-0.4, -0.2) is 31.5 Å². The molecular weight excluding hydrogens is 481 g/mol. The van der Waals surface area contributed by atoms with Crippen LogP contribution in [0.4, 0.5) is 5.69 Å². The molecule has 7 rings (SSSR count). The van der Waals surface area contributed by atoms with Gasteiger partial charge in [-0.15, -0.1) is 0 Å². The molecule has 0 bridgehead atoms. The maximum absolute atomic E-state index is 6.43. The highest BCUT2D eigenvalue weighted by Crippen LogP contribution is 2.54. The van der Waals surface area contributed by atoms with Crippen molar-refractivity contribution in [3.63, 3.8) is 0 Å². The van der Waals surface area contributed by atoms with Crippen LogP contribution in [0.15, 0.2) is 103 Å². The van der Waals surface area contributed by atoms with Crippen LogP contribution in [0.2, 0.25) is 0 Å². The molecule has 4 aromatic carbocycles. The number of ether oxygens (including phenoxy) is 1. The molecular formula is C34H34BNO3. The zero-order valence-electron chi connectivity index (χ0n) is 23.1. The van der Waals surface area contributed by atoms with Gasteiger partial charge in [-0.05, 0) is 62.0 Å². The predicted molar refractivity (Wildman–Crippen MR) is 157 cm³/mol. The highest BCUT2D eigenvalue weighted by Gasteiger charge is 2.54. The highest BCUT2D eigenvalue weighted by atomic mass is 16.7. The molecule has 4 aromatic rings. The number of fused-ring (bicyclic) bond motifs is 4. The smallest absolute Gasteiger partial charge is 0.492 e. The number of benzene rings is 4. The Labute approximate surface area is 231 Å². The van der Waals surface area contributed by atoms with E-state index < -0.39 is 7.12 Å². The number of para-hydroxylation sites is 1. The van der Waals surface area contributed by atoms with Crippen molar-refractivity contribution in [2.24, 2.45) is 0 Å². The van der Waals surface area contributed by atoms with Gasteiger partial charge in [-0.2, -0.15) is 0 Å². The fourth-order valence-electron chi connectivity index (χ4n) is 6.45. The van der Waals surface area contributed by atoms with Crippen LogP contribution in [0.5, 0.6) is 5.75 Å². The van der Waals surface area contributed by atoms with E-state index in [0.29, 0.717) is 6.61 Å². The predicted octanol–water partition coefficient (Wildman–Crippen LogP) is 6.27. The van der Waals surface area contributed by atoms with E-state index >= 15 is 0 Å². The summed E-state index contributed by atoms with van der Waals surface area (Å²) in [5.41, 5.74) is 6.31. The van der Waals surface area contributed by atoms with E-state index in [2.05, 4.69) is 136 Å². The zero-order chi connectivity index (χ0) is 26.8. The fraction of sp³-hybridized carbons (Fsp3) is 0.294. The van der Waals surface area contributed by atoms with Crippen molar-refractivity contribution in [1.29, 1.82) is 0 Å². The summed E-state index contributed by atoms with van der Waals surface area (Å²) < 4.78 is 19.3. The van der Waals surface area contributed by atoms with E-state index in [9.17, 15) is 0 Å². The van der Waals surface area contributed by atoms with Crippen molar-refractivity contribution in [3.05, 3.63) is 125 Å². The topological polar surface area (TPSA) is 30.9 Å². The van der Waals surface area contributed by atoms with Gasteiger partial charge in [0.1, 0.15) is 12.4 Å². The molecule has 1 saturated heterocycles. The molecule has 1 fully saturated rings. The van der Waals surface area contributed by atoms with Gasteiger partial charge in [-0.1, -0.05) is 91.0 Å². The summed E-state index contributed by atoms with van der Waals surface area (Å²) in [7, 11) is -0.410. The Hall–Kier alpha value is -3.54. The van der Waals surface area contributed by atoms with Crippen LogP contribution in [-0.2, 0) is 14.7 Å². The first-order chi connectivity index (χ1) is 18.8. The quantitative estimate of drug-likeness (QED) is 0.300. The maximum atomic E-state index is 6.43. The highest BCUT2D eigenvalue weighted by molar-refractivity contribution is 6.62. The minimum absolute atomic E-state index is 0.0863. The number of hydrogen-bond acceptors (Lipinski definition) is 4. The average molecular weight is 515 g/mol. The van der Waals surface area contributed by atoms with Gasteiger partial charge in [0.05, 0.1) is 22.7 Å². The van der Waals surface area contributed by atoms with Crippen molar-refractivity contribution in [3.8, 4) is 5.75 Å². The molecule has 1 atom stereocenters. The summed E-state index contributed by atoms with van der Waals surface area (Å²) >= 11 is 0. The zero-order valence-corrected chi connectivity index (χ0v) is 23.1. The largest absolute Gasteiger partial charge is 0.494 e. The Balaban J connectivity index is 1.34. The SMILES string of the molecule is CC1(C)OB(c2ccc3c(c2)C2(CO3)CN(C(c3ccccc3)c3ccccc3)c3ccccc32)OC1(C)C. The van der Waals surface area contributed by atoms with E-state index in [0.717, 1.165) is 17.8 Å². The van der Waals surface area contributed by atoms with Crippen LogP contribution in [0, 0.1) is 0 Å². The van der Waals surface area contributed by atoms with Crippen LogP contribution in [0.3, 0.4) is 0 Å².